The van der Waals surface area contributed by atoms with Crippen molar-refractivity contribution in [3.8, 4) is 0 Å². The molecule has 2 rings (SSSR count). The normalized spacial score (nSPS) is 25.7. The Labute approximate surface area is 92.0 Å². The van der Waals surface area contributed by atoms with Gasteiger partial charge < -0.3 is 10.6 Å². The van der Waals surface area contributed by atoms with Crippen LogP contribution >= 0.6 is 0 Å². The van der Waals surface area contributed by atoms with Gasteiger partial charge in [0.25, 0.3) is 0 Å². The lowest BCUT2D eigenvalue weighted by Gasteiger charge is -2.38. The standard InChI is InChI=1S/C12H22N2O/c1-9(2)10(13)11(15)14-7-6-12(8-14)4-3-5-12/h9-10H,3-8,13H2,1-2H3/t10-/m1/s1. The molecule has 1 aliphatic heterocycles. The second-order valence-corrected chi connectivity index (χ2v) is 5.63. The molecule has 1 spiro atoms. The summed E-state index contributed by atoms with van der Waals surface area (Å²) in [6.07, 6.45) is 5.17. The number of likely N-dealkylation sites (tertiary alicyclic amines) is 1. The lowest BCUT2D eigenvalue weighted by atomic mass is 9.68. The highest BCUT2D eigenvalue weighted by atomic mass is 16.2. The van der Waals surface area contributed by atoms with Crippen molar-refractivity contribution in [1.29, 1.82) is 0 Å². The summed E-state index contributed by atoms with van der Waals surface area (Å²) in [5.41, 5.74) is 6.39. The first-order valence-corrected chi connectivity index (χ1v) is 6.08. The van der Waals surface area contributed by atoms with E-state index in [-0.39, 0.29) is 17.9 Å². The van der Waals surface area contributed by atoms with Crippen LogP contribution in [0.5, 0.6) is 0 Å². The maximum atomic E-state index is 12.0. The van der Waals surface area contributed by atoms with Gasteiger partial charge in [0.2, 0.25) is 5.91 Å². The summed E-state index contributed by atoms with van der Waals surface area (Å²) >= 11 is 0. The highest BCUT2D eigenvalue weighted by molar-refractivity contribution is 5.82. The van der Waals surface area contributed by atoms with Gasteiger partial charge >= 0.3 is 0 Å². The Kier molecular flexibility index (Phi) is 2.75. The molecule has 15 heavy (non-hydrogen) atoms. The van der Waals surface area contributed by atoms with Crippen LogP contribution in [0.4, 0.5) is 0 Å². The molecule has 0 radical (unpaired) electrons. The molecule has 1 heterocycles. The molecule has 1 saturated heterocycles. The third-order valence-corrected chi connectivity index (χ3v) is 4.17. The molecule has 0 aromatic rings. The van der Waals surface area contributed by atoms with Crippen molar-refractivity contribution < 1.29 is 4.79 Å². The summed E-state index contributed by atoms with van der Waals surface area (Å²) in [7, 11) is 0. The molecule has 1 aliphatic carbocycles. The minimum absolute atomic E-state index is 0.161. The topological polar surface area (TPSA) is 46.3 Å². The number of hydrogen-bond donors (Lipinski definition) is 1. The molecule has 3 heteroatoms. The highest BCUT2D eigenvalue weighted by Crippen LogP contribution is 2.48. The van der Waals surface area contributed by atoms with Gasteiger partial charge in [-0.05, 0) is 30.6 Å². The Hall–Kier alpha value is -0.570. The number of rotatable bonds is 2. The lowest BCUT2D eigenvalue weighted by Crippen LogP contribution is -2.46. The molecule has 0 aromatic carbocycles. The number of nitrogens with zero attached hydrogens (tertiary/aromatic N) is 1. The van der Waals surface area contributed by atoms with E-state index in [1.807, 2.05) is 18.7 Å². The van der Waals surface area contributed by atoms with E-state index in [9.17, 15) is 4.79 Å². The summed E-state index contributed by atoms with van der Waals surface area (Å²) in [6.45, 7) is 5.92. The zero-order chi connectivity index (χ0) is 11.1. The van der Waals surface area contributed by atoms with Crippen molar-refractivity contribution in [1.82, 2.24) is 4.90 Å². The summed E-state index contributed by atoms with van der Waals surface area (Å²) in [4.78, 5) is 14.0. The molecule has 2 fully saturated rings. The van der Waals surface area contributed by atoms with Gasteiger partial charge in [0.15, 0.2) is 0 Å². The van der Waals surface area contributed by atoms with Gasteiger partial charge in [0.05, 0.1) is 6.04 Å². The van der Waals surface area contributed by atoms with E-state index >= 15 is 0 Å². The van der Waals surface area contributed by atoms with E-state index in [1.54, 1.807) is 0 Å². The average molecular weight is 210 g/mol. The molecule has 0 unspecified atom stereocenters. The number of carbonyl (C=O) groups is 1. The fourth-order valence-corrected chi connectivity index (χ4v) is 2.70. The smallest absolute Gasteiger partial charge is 0.239 e. The summed E-state index contributed by atoms with van der Waals surface area (Å²) in [5.74, 6) is 0.407. The second-order valence-electron chi connectivity index (χ2n) is 5.63. The number of nitrogens with two attached hydrogens (primary N) is 1. The number of carbonyl (C=O) groups excluding carboxylic acids is 1. The zero-order valence-electron chi connectivity index (χ0n) is 9.83. The van der Waals surface area contributed by atoms with Crippen molar-refractivity contribution in [3.63, 3.8) is 0 Å². The molecule has 2 N–H and O–H groups in total. The fraction of sp³-hybridized carbons (Fsp3) is 0.917. The summed E-state index contributed by atoms with van der Waals surface area (Å²) in [6, 6.07) is -0.305. The van der Waals surface area contributed by atoms with Crippen LogP contribution in [0, 0.1) is 11.3 Å². The Bertz CT molecular complexity index is 258. The maximum Gasteiger partial charge on any atom is 0.239 e. The lowest BCUT2D eigenvalue weighted by molar-refractivity contribution is -0.133. The minimum Gasteiger partial charge on any atom is -0.341 e. The van der Waals surface area contributed by atoms with E-state index in [4.69, 9.17) is 5.73 Å². The first-order valence-electron chi connectivity index (χ1n) is 6.08. The van der Waals surface area contributed by atoms with Gasteiger partial charge in [-0.15, -0.1) is 0 Å². The Morgan fingerprint density at radius 3 is 2.40 bits per heavy atom. The van der Waals surface area contributed by atoms with Crippen LogP contribution in [0.3, 0.4) is 0 Å². The average Bonchev–Trinajstić information content (AvgIpc) is 2.59. The molecular weight excluding hydrogens is 188 g/mol. The van der Waals surface area contributed by atoms with E-state index in [2.05, 4.69) is 0 Å². The largest absolute Gasteiger partial charge is 0.341 e. The van der Waals surface area contributed by atoms with Gasteiger partial charge in [-0.1, -0.05) is 20.3 Å². The first kappa shape index (κ1) is 10.9. The Balaban J connectivity index is 1.93. The zero-order valence-corrected chi connectivity index (χ0v) is 9.83. The van der Waals surface area contributed by atoms with E-state index in [1.165, 1.54) is 25.7 Å². The quantitative estimate of drug-likeness (QED) is 0.748. The van der Waals surface area contributed by atoms with Gasteiger partial charge in [-0.3, -0.25) is 4.79 Å². The molecule has 0 aromatic heterocycles. The van der Waals surface area contributed by atoms with Gasteiger partial charge in [0, 0.05) is 13.1 Å². The van der Waals surface area contributed by atoms with E-state index in [0.29, 0.717) is 5.41 Å². The summed E-state index contributed by atoms with van der Waals surface area (Å²) < 4.78 is 0. The predicted octanol–water partition coefficient (Wildman–Crippen LogP) is 1.37. The molecule has 3 nitrogen and oxygen atoms in total. The Morgan fingerprint density at radius 1 is 1.33 bits per heavy atom. The van der Waals surface area contributed by atoms with E-state index < -0.39 is 0 Å². The van der Waals surface area contributed by atoms with Crippen LogP contribution in [0.15, 0.2) is 0 Å². The highest BCUT2D eigenvalue weighted by Gasteiger charge is 2.44. The number of hydrogen-bond acceptors (Lipinski definition) is 2. The fourth-order valence-electron chi connectivity index (χ4n) is 2.70. The molecule has 2 aliphatic rings. The van der Waals surface area contributed by atoms with Crippen molar-refractivity contribution in [2.75, 3.05) is 13.1 Å². The van der Waals surface area contributed by atoms with Crippen LogP contribution in [-0.4, -0.2) is 29.9 Å². The predicted molar refractivity (Wildman–Crippen MR) is 60.3 cm³/mol. The third kappa shape index (κ3) is 1.89. The van der Waals surface area contributed by atoms with Gasteiger partial charge in [0.1, 0.15) is 0 Å². The minimum atomic E-state index is -0.305. The molecular formula is C12H22N2O. The monoisotopic (exact) mass is 210 g/mol. The number of amides is 1. The SMILES string of the molecule is CC(C)[C@@H](N)C(=O)N1CCC2(CCC2)C1. The third-order valence-electron chi connectivity index (χ3n) is 4.17. The van der Waals surface area contributed by atoms with Crippen LogP contribution < -0.4 is 5.73 Å². The molecule has 86 valence electrons. The van der Waals surface area contributed by atoms with Crippen LogP contribution in [0.25, 0.3) is 0 Å². The van der Waals surface area contributed by atoms with E-state index in [0.717, 1.165) is 13.1 Å². The van der Waals surface area contributed by atoms with Crippen molar-refractivity contribution in [2.24, 2.45) is 17.1 Å². The van der Waals surface area contributed by atoms with Gasteiger partial charge in [-0.2, -0.15) is 0 Å². The molecule has 1 amide bonds. The maximum absolute atomic E-state index is 12.0. The molecule has 1 saturated carbocycles. The van der Waals surface area contributed by atoms with Crippen molar-refractivity contribution >= 4 is 5.91 Å². The molecule has 1 atom stereocenters. The van der Waals surface area contributed by atoms with Crippen LogP contribution in [0.2, 0.25) is 0 Å². The molecule has 0 bridgehead atoms. The van der Waals surface area contributed by atoms with Crippen LogP contribution in [0.1, 0.15) is 39.5 Å². The second kappa shape index (κ2) is 3.78. The first-order chi connectivity index (χ1) is 7.04. The van der Waals surface area contributed by atoms with Crippen LogP contribution in [-0.2, 0) is 4.79 Å². The summed E-state index contributed by atoms with van der Waals surface area (Å²) in [5, 5.41) is 0. The van der Waals surface area contributed by atoms with Gasteiger partial charge in [-0.25, -0.2) is 0 Å². The Morgan fingerprint density at radius 2 is 2.00 bits per heavy atom. The van der Waals surface area contributed by atoms with Crippen molar-refractivity contribution in [3.05, 3.63) is 0 Å². The van der Waals surface area contributed by atoms with Crippen molar-refractivity contribution in [2.45, 2.75) is 45.6 Å².